The molecule has 0 aliphatic heterocycles. The van der Waals surface area contributed by atoms with Crippen LogP contribution in [0.25, 0.3) is 10.9 Å². The number of aromatic nitrogens is 1. The van der Waals surface area contributed by atoms with Crippen molar-refractivity contribution in [1.29, 1.82) is 0 Å². The Hall–Kier alpha value is -3.56. The van der Waals surface area contributed by atoms with Crippen LogP contribution in [0.5, 0.6) is 0 Å². The molecule has 0 bridgehead atoms. The standard InChI is InChI=1S/C26H37N3O7/c1-25(2,3)35-22(20(14-21(30)31)29(7)24(33)34-8)28-19(23(32)36-26(4,5)6)13-16-15-27-18-12-10-9-11-17(16)18/h9-12,15,19-20,27H,13-14H2,1-8H3,(H,30,31). The number of carboxylic acids is 1. The molecule has 0 radical (unpaired) electrons. The fraction of sp³-hybridized carbons (Fsp3) is 0.538. The van der Waals surface area contributed by atoms with Gasteiger partial charge in [-0.25, -0.2) is 14.6 Å². The molecule has 0 aliphatic rings. The van der Waals surface area contributed by atoms with Gasteiger partial charge in [-0.3, -0.25) is 9.69 Å². The molecule has 10 nitrogen and oxygen atoms in total. The average molecular weight is 504 g/mol. The maximum atomic E-state index is 13.3. The van der Waals surface area contributed by atoms with Crippen LogP contribution in [0, 0.1) is 0 Å². The van der Waals surface area contributed by atoms with Crippen molar-refractivity contribution in [3.63, 3.8) is 0 Å². The van der Waals surface area contributed by atoms with Crippen LogP contribution in [0.3, 0.4) is 0 Å². The van der Waals surface area contributed by atoms with Crippen molar-refractivity contribution in [2.45, 2.75) is 77.7 Å². The van der Waals surface area contributed by atoms with Crippen molar-refractivity contribution in [3.8, 4) is 0 Å². The molecule has 2 unspecified atom stereocenters. The highest BCUT2D eigenvalue weighted by molar-refractivity contribution is 5.92. The van der Waals surface area contributed by atoms with Gasteiger partial charge in [0, 0.05) is 30.6 Å². The maximum absolute atomic E-state index is 13.3. The third-order valence-corrected chi connectivity index (χ3v) is 5.04. The van der Waals surface area contributed by atoms with Gasteiger partial charge in [-0.05, 0) is 53.2 Å². The van der Waals surface area contributed by atoms with Crippen LogP contribution >= 0.6 is 0 Å². The molecule has 1 aromatic carbocycles. The molecule has 1 heterocycles. The summed E-state index contributed by atoms with van der Waals surface area (Å²) in [7, 11) is 2.59. The average Bonchev–Trinajstić information content (AvgIpc) is 3.16. The number of likely N-dealkylation sites (N-methyl/N-ethyl adjacent to an activating group) is 1. The van der Waals surface area contributed by atoms with E-state index in [1.54, 1.807) is 47.7 Å². The van der Waals surface area contributed by atoms with E-state index in [2.05, 4.69) is 9.98 Å². The Bertz CT molecular complexity index is 1110. The first-order chi connectivity index (χ1) is 16.6. The number of esters is 1. The first-order valence-corrected chi connectivity index (χ1v) is 11.7. The molecule has 1 amide bonds. The highest BCUT2D eigenvalue weighted by Gasteiger charge is 2.35. The number of aliphatic imine (C=N–C) groups is 1. The molecule has 198 valence electrons. The van der Waals surface area contributed by atoms with Gasteiger partial charge in [-0.1, -0.05) is 18.2 Å². The number of para-hydroxylation sites is 1. The van der Waals surface area contributed by atoms with Crippen LogP contribution in [0.4, 0.5) is 4.79 Å². The first kappa shape index (κ1) is 28.7. The molecule has 0 fully saturated rings. The number of fused-ring (bicyclic) bond motifs is 1. The van der Waals surface area contributed by atoms with Crippen LogP contribution < -0.4 is 0 Å². The zero-order valence-corrected chi connectivity index (χ0v) is 22.2. The van der Waals surface area contributed by atoms with Gasteiger partial charge in [0.25, 0.3) is 0 Å². The summed E-state index contributed by atoms with van der Waals surface area (Å²) in [6, 6.07) is 5.47. The fourth-order valence-electron chi connectivity index (χ4n) is 3.53. The molecule has 0 saturated heterocycles. The number of aromatic amines is 1. The molecule has 0 saturated carbocycles. The van der Waals surface area contributed by atoms with E-state index in [0.717, 1.165) is 21.4 Å². The Labute approximate surface area is 211 Å². The topological polar surface area (TPSA) is 131 Å². The smallest absolute Gasteiger partial charge is 0.409 e. The van der Waals surface area contributed by atoms with Crippen molar-refractivity contribution in [3.05, 3.63) is 36.0 Å². The van der Waals surface area contributed by atoms with Gasteiger partial charge in [0.05, 0.1) is 13.5 Å². The minimum absolute atomic E-state index is 0.0755. The molecule has 0 spiro atoms. The lowest BCUT2D eigenvalue weighted by molar-refractivity contribution is -0.156. The zero-order chi connectivity index (χ0) is 27.3. The predicted octanol–water partition coefficient (Wildman–Crippen LogP) is 4.18. The summed E-state index contributed by atoms with van der Waals surface area (Å²) >= 11 is 0. The summed E-state index contributed by atoms with van der Waals surface area (Å²) in [5.41, 5.74) is 0.154. The lowest BCUT2D eigenvalue weighted by atomic mass is 10.0. The maximum Gasteiger partial charge on any atom is 0.409 e. The third-order valence-electron chi connectivity index (χ3n) is 5.04. The third kappa shape index (κ3) is 8.28. The summed E-state index contributed by atoms with van der Waals surface area (Å²) in [6.45, 7) is 10.6. The highest BCUT2D eigenvalue weighted by Crippen LogP contribution is 2.23. The second-order valence-electron chi connectivity index (χ2n) is 10.5. The summed E-state index contributed by atoms with van der Waals surface area (Å²) in [4.78, 5) is 46.2. The van der Waals surface area contributed by atoms with Gasteiger partial charge >= 0.3 is 18.0 Å². The summed E-state index contributed by atoms with van der Waals surface area (Å²) in [5, 5.41) is 10.5. The number of aliphatic carboxylic acids is 1. The predicted molar refractivity (Wildman–Crippen MR) is 136 cm³/mol. The Morgan fingerprint density at radius 2 is 1.67 bits per heavy atom. The monoisotopic (exact) mass is 503 g/mol. The quantitative estimate of drug-likeness (QED) is 0.314. The van der Waals surface area contributed by atoms with Gasteiger partial charge in [-0.15, -0.1) is 0 Å². The van der Waals surface area contributed by atoms with Gasteiger partial charge in [0.15, 0.2) is 6.04 Å². The van der Waals surface area contributed by atoms with Gasteiger partial charge < -0.3 is 24.3 Å². The van der Waals surface area contributed by atoms with E-state index in [0.29, 0.717) is 0 Å². The number of rotatable bonds is 8. The summed E-state index contributed by atoms with van der Waals surface area (Å²) in [5.74, 6) is -1.85. The van der Waals surface area contributed by atoms with Crippen LogP contribution in [0.15, 0.2) is 35.5 Å². The van der Waals surface area contributed by atoms with E-state index in [1.165, 1.54) is 14.2 Å². The van der Waals surface area contributed by atoms with Gasteiger partial charge in [-0.2, -0.15) is 0 Å². The number of amides is 1. The van der Waals surface area contributed by atoms with Crippen molar-refractivity contribution in [2.75, 3.05) is 14.2 Å². The van der Waals surface area contributed by atoms with Crippen molar-refractivity contribution in [1.82, 2.24) is 9.88 Å². The molecule has 0 aliphatic carbocycles. The Morgan fingerprint density at radius 1 is 1.06 bits per heavy atom. The molecular formula is C26H37N3O7. The van der Waals surface area contributed by atoms with Crippen molar-refractivity contribution < 1.29 is 33.7 Å². The number of carboxylic acid groups (broad SMARTS) is 1. The molecule has 2 N–H and O–H groups in total. The number of benzene rings is 1. The van der Waals surface area contributed by atoms with E-state index in [4.69, 9.17) is 14.2 Å². The number of nitrogens with one attached hydrogen (secondary N) is 1. The molecule has 36 heavy (non-hydrogen) atoms. The minimum Gasteiger partial charge on any atom is -0.481 e. The Kier molecular flexibility index (Phi) is 9.12. The molecule has 2 rings (SSSR count). The van der Waals surface area contributed by atoms with Crippen molar-refractivity contribution in [2.24, 2.45) is 4.99 Å². The fourth-order valence-corrected chi connectivity index (χ4v) is 3.53. The second kappa shape index (κ2) is 11.5. The minimum atomic E-state index is -1.17. The number of H-pyrrole nitrogens is 1. The van der Waals surface area contributed by atoms with Crippen LogP contribution in [-0.2, 0) is 30.2 Å². The van der Waals surface area contributed by atoms with E-state index in [1.807, 2.05) is 24.3 Å². The molecular weight excluding hydrogens is 466 g/mol. The Balaban J connectivity index is 2.63. The van der Waals surface area contributed by atoms with Gasteiger partial charge in [0.2, 0.25) is 5.90 Å². The number of ether oxygens (including phenoxy) is 3. The first-order valence-electron chi connectivity index (χ1n) is 11.7. The largest absolute Gasteiger partial charge is 0.481 e. The van der Waals surface area contributed by atoms with E-state index < -0.39 is 47.7 Å². The molecule has 2 atom stereocenters. The summed E-state index contributed by atoms with van der Waals surface area (Å²) in [6.07, 6.45) is 0.695. The number of methoxy groups -OCH3 is 1. The van der Waals surface area contributed by atoms with E-state index >= 15 is 0 Å². The van der Waals surface area contributed by atoms with Crippen LogP contribution in [0.1, 0.15) is 53.5 Å². The molecule has 10 heteroatoms. The number of carbonyl (C=O) groups excluding carboxylic acids is 2. The van der Waals surface area contributed by atoms with Crippen molar-refractivity contribution >= 4 is 34.8 Å². The van der Waals surface area contributed by atoms with E-state index in [9.17, 15) is 19.5 Å². The lowest BCUT2D eigenvalue weighted by Gasteiger charge is -2.32. The number of carbonyl (C=O) groups is 3. The van der Waals surface area contributed by atoms with E-state index in [-0.39, 0.29) is 12.3 Å². The second-order valence-corrected chi connectivity index (χ2v) is 10.5. The van der Waals surface area contributed by atoms with Crippen LogP contribution in [-0.4, -0.2) is 76.4 Å². The molecule has 1 aromatic heterocycles. The normalized spacial score (nSPS) is 14.2. The Morgan fingerprint density at radius 3 is 2.22 bits per heavy atom. The zero-order valence-electron chi connectivity index (χ0n) is 22.2. The van der Waals surface area contributed by atoms with Gasteiger partial charge in [0.1, 0.15) is 17.2 Å². The summed E-state index contributed by atoms with van der Waals surface area (Å²) < 4.78 is 16.5. The SMILES string of the molecule is COC(=O)N(C)C(CC(=O)O)C(=NC(Cc1c[nH]c2ccccc12)C(=O)OC(C)(C)C)OC(C)(C)C. The van der Waals surface area contributed by atoms with Crippen LogP contribution in [0.2, 0.25) is 0 Å². The number of hydrogen-bond donors (Lipinski definition) is 2. The lowest BCUT2D eigenvalue weighted by Crippen LogP contribution is -2.47. The molecule has 2 aromatic rings. The highest BCUT2D eigenvalue weighted by atomic mass is 16.6. The number of nitrogens with zero attached hydrogens (tertiary/aromatic N) is 2. The number of hydrogen-bond acceptors (Lipinski definition) is 7.